The average molecular weight is 177 g/mol. The molecule has 1 aliphatic rings. The fraction of sp³-hybridized carbons (Fsp3) is 0.600. The van der Waals surface area contributed by atoms with Crippen LogP contribution in [-0.4, -0.2) is 23.9 Å². The Kier molecular flexibility index (Phi) is 1.57. The quantitative estimate of drug-likeness (QED) is 0.532. The lowest BCUT2D eigenvalue weighted by Gasteiger charge is -2.30. The Hall–Kier alpha value is -0.0400. The van der Waals surface area contributed by atoms with Gasteiger partial charge in [-0.05, 0) is 4.83 Å². The summed E-state index contributed by atoms with van der Waals surface area (Å²) in [5.74, 6) is 2.56. The van der Waals surface area contributed by atoms with E-state index < -0.39 is 5.60 Å². The van der Waals surface area contributed by atoms with E-state index in [-0.39, 0.29) is 0 Å². The Labute approximate surface area is 56.0 Å². The van der Waals surface area contributed by atoms with Crippen LogP contribution in [0.3, 0.4) is 0 Å². The number of hydrogen-bond donors (Lipinski definition) is 1. The topological polar surface area (TPSA) is 29.5 Å². The van der Waals surface area contributed by atoms with E-state index in [1.165, 1.54) is 0 Å². The van der Waals surface area contributed by atoms with E-state index in [9.17, 15) is 0 Å². The minimum absolute atomic E-state index is 0.339. The molecule has 3 heteroatoms. The van der Waals surface area contributed by atoms with E-state index in [2.05, 4.69) is 26.7 Å². The van der Waals surface area contributed by atoms with Crippen LogP contribution in [0, 0.1) is 10.8 Å². The maximum absolute atomic E-state index is 9.08. The summed E-state index contributed by atoms with van der Waals surface area (Å²) in [5.41, 5.74) is -0.858. The van der Waals surface area contributed by atoms with Crippen molar-refractivity contribution in [3.8, 4) is 10.8 Å². The SMILES string of the molecule is OC1(C#CBr)COC1. The van der Waals surface area contributed by atoms with Gasteiger partial charge in [-0.25, -0.2) is 0 Å². The zero-order valence-electron chi connectivity index (χ0n) is 4.15. The molecule has 0 atom stereocenters. The number of halogens is 1. The van der Waals surface area contributed by atoms with E-state index in [0.717, 1.165) is 0 Å². The third-order valence-electron chi connectivity index (χ3n) is 0.962. The molecule has 0 saturated carbocycles. The highest BCUT2D eigenvalue weighted by Crippen LogP contribution is 2.14. The lowest BCUT2D eigenvalue weighted by Crippen LogP contribution is -2.48. The molecule has 8 heavy (non-hydrogen) atoms. The van der Waals surface area contributed by atoms with Crippen LogP contribution in [0.25, 0.3) is 0 Å². The number of aliphatic hydroxyl groups is 1. The Morgan fingerprint density at radius 3 is 2.38 bits per heavy atom. The molecular weight excluding hydrogens is 172 g/mol. The van der Waals surface area contributed by atoms with E-state index in [1.807, 2.05) is 0 Å². The van der Waals surface area contributed by atoms with Crippen LogP contribution in [0.5, 0.6) is 0 Å². The van der Waals surface area contributed by atoms with Gasteiger partial charge in [0.05, 0.1) is 13.2 Å². The molecule has 2 nitrogen and oxygen atoms in total. The van der Waals surface area contributed by atoms with Crippen LogP contribution in [0.1, 0.15) is 0 Å². The molecule has 0 radical (unpaired) electrons. The van der Waals surface area contributed by atoms with E-state index in [1.54, 1.807) is 0 Å². The Bertz CT molecular complexity index is 140. The second kappa shape index (κ2) is 2.06. The molecule has 1 fully saturated rings. The third kappa shape index (κ3) is 1.03. The summed E-state index contributed by atoms with van der Waals surface area (Å²) in [7, 11) is 0. The van der Waals surface area contributed by atoms with E-state index >= 15 is 0 Å². The maximum atomic E-state index is 9.08. The molecule has 0 aliphatic carbocycles. The lowest BCUT2D eigenvalue weighted by molar-refractivity contribution is -0.140. The van der Waals surface area contributed by atoms with Crippen LogP contribution in [-0.2, 0) is 4.74 Å². The van der Waals surface area contributed by atoms with Crippen molar-refractivity contribution < 1.29 is 9.84 Å². The fourth-order valence-electron chi connectivity index (χ4n) is 0.456. The van der Waals surface area contributed by atoms with Gasteiger partial charge in [0, 0.05) is 15.9 Å². The van der Waals surface area contributed by atoms with Crippen molar-refractivity contribution in [2.45, 2.75) is 5.60 Å². The molecule has 0 amide bonds. The molecule has 0 bridgehead atoms. The van der Waals surface area contributed by atoms with Gasteiger partial charge in [-0.3, -0.25) is 0 Å². The molecule has 0 aromatic carbocycles. The minimum atomic E-state index is -0.858. The van der Waals surface area contributed by atoms with Gasteiger partial charge < -0.3 is 9.84 Å². The van der Waals surface area contributed by atoms with E-state index in [0.29, 0.717) is 13.2 Å². The first-order valence-electron chi connectivity index (χ1n) is 2.20. The second-order valence-corrected chi connectivity index (χ2v) is 2.14. The highest BCUT2D eigenvalue weighted by molar-refractivity contribution is 9.12. The summed E-state index contributed by atoms with van der Waals surface area (Å²) in [4.78, 5) is 2.44. The van der Waals surface area contributed by atoms with Crippen molar-refractivity contribution in [2.75, 3.05) is 13.2 Å². The summed E-state index contributed by atoms with van der Waals surface area (Å²) in [5, 5.41) is 9.08. The fourth-order valence-corrected chi connectivity index (χ4v) is 0.825. The van der Waals surface area contributed by atoms with Gasteiger partial charge in [-0.1, -0.05) is 5.92 Å². The first-order valence-corrected chi connectivity index (χ1v) is 2.99. The molecular formula is C5H5BrO2. The molecule has 1 heterocycles. The maximum Gasteiger partial charge on any atom is 0.172 e. The summed E-state index contributed by atoms with van der Waals surface area (Å²) < 4.78 is 4.72. The van der Waals surface area contributed by atoms with Crippen molar-refractivity contribution in [3.63, 3.8) is 0 Å². The monoisotopic (exact) mass is 176 g/mol. The van der Waals surface area contributed by atoms with Crippen molar-refractivity contribution in [1.29, 1.82) is 0 Å². The molecule has 0 unspecified atom stereocenters. The van der Waals surface area contributed by atoms with Gasteiger partial charge in [0.1, 0.15) is 0 Å². The molecule has 1 rings (SSSR count). The zero-order valence-corrected chi connectivity index (χ0v) is 5.73. The highest BCUT2D eigenvalue weighted by Gasteiger charge is 2.33. The Balaban J connectivity index is 2.49. The van der Waals surface area contributed by atoms with Crippen LogP contribution >= 0.6 is 15.9 Å². The zero-order chi connectivity index (χ0) is 6.04. The number of hydrogen-bond acceptors (Lipinski definition) is 2. The summed E-state index contributed by atoms with van der Waals surface area (Å²) in [6, 6.07) is 0. The standard InChI is InChI=1S/C5H5BrO2/c6-2-1-5(7)3-8-4-5/h7H,3-4H2. The second-order valence-electron chi connectivity index (χ2n) is 1.74. The van der Waals surface area contributed by atoms with Gasteiger partial charge >= 0.3 is 0 Å². The molecule has 44 valence electrons. The molecule has 0 aromatic heterocycles. The van der Waals surface area contributed by atoms with Crippen molar-refractivity contribution in [2.24, 2.45) is 0 Å². The average Bonchev–Trinajstić information content (AvgIpc) is 1.64. The van der Waals surface area contributed by atoms with E-state index in [4.69, 9.17) is 9.84 Å². The van der Waals surface area contributed by atoms with Gasteiger partial charge in [0.2, 0.25) is 0 Å². The number of rotatable bonds is 0. The van der Waals surface area contributed by atoms with Gasteiger partial charge in [-0.15, -0.1) is 0 Å². The first kappa shape index (κ1) is 6.09. The van der Waals surface area contributed by atoms with Gasteiger partial charge in [0.25, 0.3) is 0 Å². The molecule has 1 saturated heterocycles. The molecule has 1 aliphatic heterocycles. The van der Waals surface area contributed by atoms with Crippen LogP contribution < -0.4 is 0 Å². The molecule has 1 N–H and O–H groups in total. The molecule has 0 aromatic rings. The Morgan fingerprint density at radius 2 is 2.25 bits per heavy atom. The van der Waals surface area contributed by atoms with Gasteiger partial charge in [-0.2, -0.15) is 0 Å². The molecule has 0 spiro atoms. The summed E-state index contributed by atoms with van der Waals surface area (Å²) >= 11 is 2.88. The highest BCUT2D eigenvalue weighted by atomic mass is 79.9. The summed E-state index contributed by atoms with van der Waals surface area (Å²) in [6.07, 6.45) is 0. The largest absolute Gasteiger partial charge is 0.373 e. The minimum Gasteiger partial charge on any atom is -0.373 e. The normalized spacial score (nSPS) is 22.8. The summed E-state index contributed by atoms with van der Waals surface area (Å²) in [6.45, 7) is 0.678. The first-order chi connectivity index (χ1) is 3.77. The van der Waals surface area contributed by atoms with Crippen molar-refractivity contribution in [1.82, 2.24) is 0 Å². The smallest absolute Gasteiger partial charge is 0.172 e. The predicted octanol–water partition coefficient (Wildman–Crippen LogP) is 0.103. The predicted molar refractivity (Wildman–Crippen MR) is 32.5 cm³/mol. The number of ether oxygens (including phenoxy) is 1. The third-order valence-corrected chi connectivity index (χ3v) is 1.16. The van der Waals surface area contributed by atoms with Gasteiger partial charge in [0.15, 0.2) is 5.60 Å². The van der Waals surface area contributed by atoms with Crippen LogP contribution in [0.2, 0.25) is 0 Å². The van der Waals surface area contributed by atoms with Crippen molar-refractivity contribution in [3.05, 3.63) is 0 Å². The Morgan fingerprint density at radius 1 is 1.62 bits per heavy atom. The van der Waals surface area contributed by atoms with Crippen molar-refractivity contribution >= 4 is 15.9 Å². The van der Waals surface area contributed by atoms with Crippen LogP contribution in [0.4, 0.5) is 0 Å². The lowest BCUT2D eigenvalue weighted by atomic mass is 10.1. The van der Waals surface area contributed by atoms with Crippen LogP contribution in [0.15, 0.2) is 0 Å².